The number of pyridine rings is 1. The fraction of sp³-hybridized carbons (Fsp3) is 0.481. The summed E-state index contributed by atoms with van der Waals surface area (Å²) in [6.07, 6.45) is -3.01. The van der Waals surface area contributed by atoms with Crippen LogP contribution in [0.15, 0.2) is 22.8 Å². The Hall–Kier alpha value is -4.02. The Morgan fingerprint density at radius 3 is 2.23 bits per heavy atom. The Balaban J connectivity index is 1.95. The van der Waals surface area contributed by atoms with Crippen molar-refractivity contribution in [3.8, 4) is 17.4 Å². The van der Waals surface area contributed by atoms with Gasteiger partial charge in [-0.3, -0.25) is 19.2 Å². The van der Waals surface area contributed by atoms with E-state index in [4.69, 9.17) is 40.3 Å². The first kappa shape index (κ1) is 29.0. The Kier molecular flexibility index (Phi) is 8.70. The van der Waals surface area contributed by atoms with Crippen LogP contribution in [0.25, 0.3) is 11.3 Å². The molecule has 1 aliphatic heterocycles. The molecule has 0 spiro atoms. The molecule has 1 fully saturated rings. The van der Waals surface area contributed by atoms with E-state index < -0.39 is 54.5 Å². The summed E-state index contributed by atoms with van der Waals surface area (Å²) in [7, 11) is 0. The summed E-state index contributed by atoms with van der Waals surface area (Å²) in [5, 5.41) is 10.2. The van der Waals surface area contributed by atoms with E-state index in [2.05, 4.69) is 6.07 Å². The third-order valence-corrected chi connectivity index (χ3v) is 6.96. The van der Waals surface area contributed by atoms with Crippen LogP contribution < -0.4 is 0 Å². The van der Waals surface area contributed by atoms with Crippen molar-refractivity contribution in [2.45, 2.75) is 77.6 Å². The lowest BCUT2D eigenvalue weighted by Crippen LogP contribution is -2.60. The van der Waals surface area contributed by atoms with Crippen LogP contribution in [0.2, 0.25) is 0 Å². The third kappa shape index (κ3) is 5.78. The number of furan rings is 1. The Labute approximate surface area is 234 Å². The second-order valence-corrected chi connectivity index (χ2v) is 9.77. The third-order valence-electron chi connectivity index (χ3n) is 6.56. The molecule has 0 bridgehead atoms. The van der Waals surface area contributed by atoms with Crippen molar-refractivity contribution < 1.29 is 47.3 Å². The lowest BCUT2D eigenvalue weighted by Gasteiger charge is -2.45. The fourth-order valence-corrected chi connectivity index (χ4v) is 5.60. The summed E-state index contributed by atoms with van der Waals surface area (Å²) in [6, 6.07) is 5.62. The average molecular weight is 573 g/mol. The molecule has 2 aromatic heterocycles. The molecule has 2 aromatic rings. The molecular weight excluding hydrogens is 544 g/mol. The van der Waals surface area contributed by atoms with Crippen molar-refractivity contribution >= 4 is 36.1 Å². The van der Waals surface area contributed by atoms with Gasteiger partial charge in [0.2, 0.25) is 0 Å². The fourth-order valence-electron chi connectivity index (χ4n) is 5.24. The van der Waals surface area contributed by atoms with Gasteiger partial charge < -0.3 is 32.7 Å². The highest BCUT2D eigenvalue weighted by atomic mass is 32.1. The molecule has 13 heteroatoms. The monoisotopic (exact) mass is 572 g/mol. The first-order chi connectivity index (χ1) is 19.0. The highest BCUT2D eigenvalue weighted by molar-refractivity contribution is 7.71. The minimum Gasteiger partial charge on any atom is -0.464 e. The largest absolute Gasteiger partial charge is 0.464 e. The highest BCUT2D eigenvalue weighted by Crippen LogP contribution is 2.42. The summed E-state index contributed by atoms with van der Waals surface area (Å²) in [4.78, 5) is 48.2. The van der Waals surface area contributed by atoms with Crippen molar-refractivity contribution in [2.75, 3.05) is 6.61 Å². The number of carbonyl (C=O) groups is 4. The number of ether oxygens (including phenoxy) is 5. The summed E-state index contributed by atoms with van der Waals surface area (Å²) in [5.74, 6) is -2.35. The number of rotatable bonds is 7. The molecule has 212 valence electrons. The minimum absolute atomic E-state index is 0.0791. The molecule has 4 rings (SSSR count). The average Bonchev–Trinajstić information content (AvgIpc) is 3.57. The first-order valence-corrected chi connectivity index (χ1v) is 13.0. The van der Waals surface area contributed by atoms with Crippen molar-refractivity contribution in [3.63, 3.8) is 0 Å². The van der Waals surface area contributed by atoms with Gasteiger partial charge in [0.25, 0.3) is 0 Å². The number of fused-ring (bicyclic) bond motifs is 1. The van der Waals surface area contributed by atoms with E-state index in [1.54, 1.807) is 16.7 Å². The standard InChI is InChI=1S/C27H28N2O10S/c1-13(30)35-12-21-23(36-14(2)31)24(37-15(3)32)25(38-16(4)33)26(39-21)29-19-8-5-7-17(19)22(18(11-28)27(29)40)20-9-6-10-34-20/h6,9-10,21,23-26H,5,7-8,12H2,1-4H3/t21-,23-,24+,25-,26-/m1/s1. The zero-order valence-electron chi connectivity index (χ0n) is 22.3. The molecule has 5 atom stereocenters. The molecular formula is C27H28N2O10S. The molecule has 0 radical (unpaired) electrons. The number of nitriles is 1. The number of hydrogen-bond donors (Lipinski definition) is 0. The van der Waals surface area contributed by atoms with Crippen LogP contribution in [0.3, 0.4) is 0 Å². The van der Waals surface area contributed by atoms with E-state index in [-0.39, 0.29) is 16.8 Å². The summed E-state index contributed by atoms with van der Waals surface area (Å²) in [5.41, 5.74) is 2.26. The number of nitrogens with zero attached hydrogens (tertiary/aromatic N) is 2. The lowest BCUT2D eigenvalue weighted by atomic mass is 9.95. The van der Waals surface area contributed by atoms with Crippen LogP contribution in [-0.4, -0.2) is 59.5 Å². The Bertz CT molecular complexity index is 1420. The maximum Gasteiger partial charge on any atom is 0.303 e. The van der Waals surface area contributed by atoms with E-state index in [9.17, 15) is 24.4 Å². The topological polar surface area (TPSA) is 156 Å². The van der Waals surface area contributed by atoms with Gasteiger partial charge in [0.05, 0.1) is 11.8 Å². The van der Waals surface area contributed by atoms with Crippen molar-refractivity contribution in [1.29, 1.82) is 5.26 Å². The molecule has 0 saturated carbocycles. The van der Waals surface area contributed by atoms with E-state index in [0.29, 0.717) is 24.2 Å². The van der Waals surface area contributed by atoms with E-state index >= 15 is 0 Å². The van der Waals surface area contributed by atoms with Gasteiger partial charge in [-0.2, -0.15) is 5.26 Å². The number of hydrogen-bond acceptors (Lipinski definition) is 12. The highest BCUT2D eigenvalue weighted by Gasteiger charge is 2.53. The molecule has 1 saturated heterocycles. The number of esters is 4. The number of aromatic nitrogens is 1. The first-order valence-electron chi connectivity index (χ1n) is 12.6. The minimum atomic E-state index is -1.36. The van der Waals surface area contributed by atoms with Gasteiger partial charge in [0, 0.05) is 39.0 Å². The van der Waals surface area contributed by atoms with Crippen molar-refractivity contribution in [2.24, 2.45) is 0 Å². The summed E-state index contributed by atoms with van der Waals surface area (Å²) < 4.78 is 35.5. The maximum absolute atomic E-state index is 12.3. The summed E-state index contributed by atoms with van der Waals surface area (Å²) >= 11 is 5.81. The van der Waals surface area contributed by atoms with Gasteiger partial charge in [-0.15, -0.1) is 0 Å². The molecule has 0 aromatic carbocycles. The second kappa shape index (κ2) is 12.0. The molecule has 2 aliphatic rings. The molecule has 0 N–H and O–H groups in total. The maximum atomic E-state index is 12.3. The van der Waals surface area contributed by atoms with Crippen LogP contribution >= 0.6 is 12.2 Å². The van der Waals surface area contributed by atoms with Gasteiger partial charge in [-0.25, -0.2) is 0 Å². The van der Waals surface area contributed by atoms with Crippen LogP contribution in [0.5, 0.6) is 0 Å². The Morgan fingerprint density at radius 1 is 1.00 bits per heavy atom. The SMILES string of the molecule is CC(=O)OC[C@H]1O[C@@H](n2c3c(c(-c4ccco4)c(C#N)c2=S)CCC3)[C@H](OC(C)=O)[C@@H](OC(C)=O)[C@@H]1OC(C)=O. The molecule has 3 heterocycles. The predicted molar refractivity (Wildman–Crippen MR) is 137 cm³/mol. The molecule has 1 aliphatic carbocycles. The van der Waals surface area contributed by atoms with Crippen molar-refractivity contribution in [1.82, 2.24) is 4.57 Å². The zero-order valence-corrected chi connectivity index (χ0v) is 23.1. The molecule has 0 amide bonds. The van der Waals surface area contributed by atoms with Crippen LogP contribution in [-0.2, 0) is 55.7 Å². The van der Waals surface area contributed by atoms with E-state index in [1.807, 2.05) is 0 Å². The van der Waals surface area contributed by atoms with Crippen LogP contribution in [0, 0.1) is 16.0 Å². The number of carbonyl (C=O) groups excluding carboxylic acids is 4. The molecule has 12 nitrogen and oxygen atoms in total. The zero-order chi connectivity index (χ0) is 29.1. The van der Waals surface area contributed by atoms with Gasteiger partial charge in [-0.05, 0) is 37.0 Å². The quantitative estimate of drug-likeness (QED) is 0.272. The van der Waals surface area contributed by atoms with Gasteiger partial charge in [-0.1, -0.05) is 12.2 Å². The lowest BCUT2D eigenvalue weighted by molar-refractivity contribution is -0.269. The van der Waals surface area contributed by atoms with Crippen LogP contribution in [0.1, 0.15) is 57.2 Å². The Morgan fingerprint density at radius 2 is 1.65 bits per heavy atom. The predicted octanol–water partition coefficient (Wildman–Crippen LogP) is 3.09. The summed E-state index contributed by atoms with van der Waals surface area (Å²) in [6.45, 7) is 4.28. The smallest absolute Gasteiger partial charge is 0.303 e. The van der Waals surface area contributed by atoms with Crippen LogP contribution in [0.4, 0.5) is 0 Å². The normalized spacial score (nSPS) is 23.4. The van der Waals surface area contributed by atoms with Gasteiger partial charge >= 0.3 is 23.9 Å². The second-order valence-electron chi connectivity index (χ2n) is 9.38. The van der Waals surface area contributed by atoms with Gasteiger partial charge in [0.1, 0.15) is 29.2 Å². The van der Waals surface area contributed by atoms with Crippen molar-refractivity contribution in [3.05, 3.63) is 39.9 Å². The molecule has 0 unspecified atom stereocenters. The van der Waals surface area contributed by atoms with E-state index in [0.717, 1.165) is 38.4 Å². The van der Waals surface area contributed by atoms with E-state index in [1.165, 1.54) is 13.2 Å². The van der Waals surface area contributed by atoms with Gasteiger partial charge in [0.15, 0.2) is 24.5 Å². The molecule has 40 heavy (non-hydrogen) atoms.